The number of ketones is 1. The largest absolute Gasteiger partial charge is 0.328 e. The van der Waals surface area contributed by atoms with E-state index in [-0.39, 0.29) is 23.1 Å². The van der Waals surface area contributed by atoms with Crippen molar-refractivity contribution < 1.29 is 9.18 Å². The molecule has 3 aromatic rings. The van der Waals surface area contributed by atoms with Gasteiger partial charge in [0.15, 0.2) is 5.78 Å². The predicted molar refractivity (Wildman–Crippen MR) is 119 cm³/mol. The fourth-order valence-electron chi connectivity index (χ4n) is 4.37. The standard InChI is InChI=1S/C24H23FN4OS/c1-24(2)12-18-20(19(30)13-24)21(16-8-4-3-5-9-16)29-22(26-18)27-23(28-29)31-14-15-7-6-10-17(25)11-15/h3-11,21H,12-14H2,1-2H3,(H,26,27,28)/t21-/m1/s1. The highest BCUT2D eigenvalue weighted by Crippen LogP contribution is 2.45. The lowest BCUT2D eigenvalue weighted by molar-refractivity contribution is -0.118. The first-order chi connectivity index (χ1) is 14.9. The summed E-state index contributed by atoms with van der Waals surface area (Å²) in [4.78, 5) is 17.9. The van der Waals surface area contributed by atoms with Gasteiger partial charge in [0, 0.05) is 23.4 Å². The van der Waals surface area contributed by atoms with Crippen LogP contribution in [0, 0.1) is 11.2 Å². The Balaban J connectivity index is 1.51. The highest BCUT2D eigenvalue weighted by Gasteiger charge is 2.41. The smallest absolute Gasteiger partial charge is 0.227 e. The molecule has 0 spiro atoms. The minimum atomic E-state index is -0.299. The predicted octanol–water partition coefficient (Wildman–Crippen LogP) is 5.37. The van der Waals surface area contributed by atoms with Gasteiger partial charge in [-0.25, -0.2) is 9.07 Å². The van der Waals surface area contributed by atoms with E-state index in [9.17, 15) is 9.18 Å². The number of halogens is 1. The Labute approximate surface area is 184 Å². The van der Waals surface area contributed by atoms with Gasteiger partial charge in [0.05, 0.1) is 0 Å². The normalized spacial score (nSPS) is 19.6. The van der Waals surface area contributed by atoms with Crippen molar-refractivity contribution in [2.24, 2.45) is 5.41 Å². The molecule has 1 aromatic heterocycles. The van der Waals surface area contributed by atoms with Crippen LogP contribution in [0.1, 0.15) is 43.9 Å². The van der Waals surface area contributed by atoms with E-state index >= 15 is 0 Å². The Morgan fingerprint density at radius 2 is 1.97 bits per heavy atom. The van der Waals surface area contributed by atoms with E-state index < -0.39 is 0 Å². The van der Waals surface area contributed by atoms with Crippen LogP contribution in [0.15, 0.2) is 71.0 Å². The molecule has 0 bridgehead atoms. The monoisotopic (exact) mass is 434 g/mol. The summed E-state index contributed by atoms with van der Waals surface area (Å²) < 4.78 is 15.3. The summed E-state index contributed by atoms with van der Waals surface area (Å²) in [5.74, 6) is 1.11. The lowest BCUT2D eigenvalue weighted by atomic mass is 9.73. The fraction of sp³-hybridized carbons (Fsp3) is 0.292. The first-order valence-electron chi connectivity index (χ1n) is 10.3. The molecule has 0 amide bonds. The topological polar surface area (TPSA) is 59.8 Å². The molecule has 7 heteroatoms. The van der Waals surface area contributed by atoms with Gasteiger partial charge in [-0.3, -0.25) is 4.79 Å². The SMILES string of the molecule is CC1(C)CC(=O)C2=C(C1)Nc1nc(SCc3cccc(F)c3)nn1[C@@H]2c1ccccc1. The van der Waals surface area contributed by atoms with Gasteiger partial charge in [0.25, 0.3) is 0 Å². The van der Waals surface area contributed by atoms with Crippen LogP contribution in [0.2, 0.25) is 0 Å². The number of rotatable bonds is 4. The number of carbonyl (C=O) groups excluding carboxylic acids is 1. The second-order valence-corrected chi connectivity index (χ2v) is 9.80. The number of allylic oxidation sites excluding steroid dienone is 2. The Morgan fingerprint density at radius 1 is 1.16 bits per heavy atom. The van der Waals surface area contributed by atoms with E-state index in [2.05, 4.69) is 19.2 Å². The molecule has 2 aliphatic rings. The number of carbonyl (C=O) groups is 1. The van der Waals surface area contributed by atoms with Crippen molar-refractivity contribution in [1.82, 2.24) is 14.8 Å². The number of anilines is 1. The van der Waals surface area contributed by atoms with Crippen molar-refractivity contribution in [2.75, 3.05) is 5.32 Å². The second-order valence-electron chi connectivity index (χ2n) is 8.85. The van der Waals surface area contributed by atoms with E-state index in [1.807, 2.05) is 41.1 Å². The summed E-state index contributed by atoms with van der Waals surface area (Å²) in [5, 5.41) is 8.72. The van der Waals surface area contributed by atoms with Gasteiger partial charge in [-0.05, 0) is 35.1 Å². The van der Waals surface area contributed by atoms with Crippen molar-refractivity contribution in [1.29, 1.82) is 0 Å². The first kappa shape index (κ1) is 20.0. The molecule has 31 heavy (non-hydrogen) atoms. The van der Waals surface area contributed by atoms with E-state index in [0.717, 1.165) is 28.8 Å². The molecule has 5 nitrogen and oxygen atoms in total. The van der Waals surface area contributed by atoms with Gasteiger partial charge in [0.1, 0.15) is 11.9 Å². The number of thioether (sulfide) groups is 1. The molecule has 0 radical (unpaired) electrons. The quantitative estimate of drug-likeness (QED) is 0.560. The highest BCUT2D eigenvalue weighted by atomic mass is 32.2. The number of nitrogens with one attached hydrogen (secondary N) is 1. The molecule has 5 rings (SSSR count). The maximum atomic E-state index is 13.5. The molecule has 2 aromatic carbocycles. The molecule has 0 fully saturated rings. The van der Waals surface area contributed by atoms with Crippen LogP contribution in [-0.2, 0) is 10.5 Å². The Bertz CT molecular complexity index is 1190. The lowest BCUT2D eigenvalue weighted by Gasteiger charge is -2.38. The van der Waals surface area contributed by atoms with Gasteiger partial charge in [-0.1, -0.05) is 68.1 Å². The molecular formula is C24H23FN4OS. The molecule has 1 aliphatic carbocycles. The molecule has 0 saturated heterocycles. The average molecular weight is 435 g/mol. The fourth-order valence-corrected chi connectivity index (χ4v) is 5.14. The van der Waals surface area contributed by atoms with E-state index in [0.29, 0.717) is 23.3 Å². The third kappa shape index (κ3) is 3.90. The summed E-state index contributed by atoms with van der Waals surface area (Å²) in [6, 6.07) is 16.2. The molecule has 1 atom stereocenters. The highest BCUT2D eigenvalue weighted by molar-refractivity contribution is 7.98. The Hall–Kier alpha value is -2.93. The summed E-state index contributed by atoms with van der Waals surface area (Å²) in [7, 11) is 0. The van der Waals surface area contributed by atoms with Crippen LogP contribution in [0.3, 0.4) is 0 Å². The lowest BCUT2D eigenvalue weighted by Crippen LogP contribution is -2.36. The van der Waals surface area contributed by atoms with Gasteiger partial charge in [-0.2, -0.15) is 4.98 Å². The zero-order valence-electron chi connectivity index (χ0n) is 17.4. The molecule has 0 unspecified atom stereocenters. The van der Waals surface area contributed by atoms with Crippen LogP contribution in [-0.4, -0.2) is 20.5 Å². The maximum Gasteiger partial charge on any atom is 0.227 e. The summed E-state index contributed by atoms with van der Waals surface area (Å²) >= 11 is 1.45. The van der Waals surface area contributed by atoms with Crippen molar-refractivity contribution in [2.45, 2.75) is 43.6 Å². The zero-order chi connectivity index (χ0) is 21.6. The second kappa shape index (κ2) is 7.64. The minimum absolute atomic E-state index is 0.0959. The van der Waals surface area contributed by atoms with Crippen molar-refractivity contribution in [3.63, 3.8) is 0 Å². The molecule has 1 N–H and O–H groups in total. The molecule has 0 saturated carbocycles. The number of benzene rings is 2. The first-order valence-corrected chi connectivity index (χ1v) is 11.3. The number of hydrogen-bond acceptors (Lipinski definition) is 5. The molecule has 1 aliphatic heterocycles. The summed E-state index contributed by atoms with van der Waals surface area (Å²) in [6.07, 6.45) is 1.30. The molecular weight excluding hydrogens is 411 g/mol. The van der Waals surface area contributed by atoms with Crippen molar-refractivity contribution in [3.05, 3.63) is 82.8 Å². The van der Waals surface area contributed by atoms with Gasteiger partial charge in [0.2, 0.25) is 11.1 Å². The summed E-state index contributed by atoms with van der Waals surface area (Å²) in [6.45, 7) is 4.24. The zero-order valence-corrected chi connectivity index (χ0v) is 18.2. The third-order valence-electron chi connectivity index (χ3n) is 5.68. The number of fused-ring (bicyclic) bond motifs is 1. The van der Waals surface area contributed by atoms with Crippen LogP contribution in [0.4, 0.5) is 10.3 Å². The van der Waals surface area contributed by atoms with Crippen molar-refractivity contribution in [3.8, 4) is 0 Å². The van der Waals surface area contributed by atoms with E-state index in [1.165, 1.54) is 23.9 Å². The average Bonchev–Trinajstić information content (AvgIpc) is 3.13. The maximum absolute atomic E-state index is 13.5. The molecule has 158 valence electrons. The Kier molecular flexibility index (Phi) is 4.93. The van der Waals surface area contributed by atoms with Crippen LogP contribution >= 0.6 is 11.8 Å². The van der Waals surface area contributed by atoms with Crippen LogP contribution < -0.4 is 5.32 Å². The number of aromatic nitrogens is 3. The van der Waals surface area contributed by atoms with Gasteiger partial charge >= 0.3 is 0 Å². The number of hydrogen-bond donors (Lipinski definition) is 1. The van der Waals surface area contributed by atoms with Crippen LogP contribution in [0.5, 0.6) is 0 Å². The van der Waals surface area contributed by atoms with E-state index in [4.69, 9.17) is 10.1 Å². The summed E-state index contributed by atoms with van der Waals surface area (Å²) in [5.41, 5.74) is 3.51. The molecule has 2 heterocycles. The van der Waals surface area contributed by atoms with E-state index in [1.54, 1.807) is 6.07 Å². The number of Topliss-reactive ketones (excluding diaryl/α,β-unsaturated/α-hetero) is 1. The van der Waals surface area contributed by atoms with Crippen molar-refractivity contribution >= 4 is 23.5 Å². The van der Waals surface area contributed by atoms with Crippen LogP contribution in [0.25, 0.3) is 0 Å². The van der Waals surface area contributed by atoms with Gasteiger partial charge < -0.3 is 5.32 Å². The Morgan fingerprint density at radius 3 is 2.74 bits per heavy atom. The van der Waals surface area contributed by atoms with Gasteiger partial charge in [-0.15, -0.1) is 5.10 Å². The minimum Gasteiger partial charge on any atom is -0.328 e. The third-order valence-corrected chi connectivity index (χ3v) is 6.59. The number of nitrogens with zero attached hydrogens (tertiary/aromatic N) is 3.